The third-order valence-electron chi connectivity index (χ3n) is 2.36. The Hall–Kier alpha value is -2.44. The molecule has 0 fully saturated rings. The summed E-state index contributed by atoms with van der Waals surface area (Å²) < 4.78 is 9.20. The highest BCUT2D eigenvalue weighted by molar-refractivity contribution is 6.09. The Morgan fingerprint density at radius 1 is 1.16 bits per heavy atom. The summed E-state index contributed by atoms with van der Waals surface area (Å²) >= 11 is 0. The zero-order chi connectivity index (χ0) is 14.6. The molecule has 1 aromatic rings. The summed E-state index contributed by atoms with van der Waals surface area (Å²) in [7, 11) is 2.36. The van der Waals surface area contributed by atoms with Crippen LogP contribution in [0.1, 0.15) is 33.3 Å². The molecular weight excluding hydrogens is 252 g/mol. The van der Waals surface area contributed by atoms with Crippen molar-refractivity contribution in [3.05, 3.63) is 23.0 Å². The van der Waals surface area contributed by atoms with Crippen molar-refractivity contribution in [2.45, 2.75) is 13.8 Å². The van der Waals surface area contributed by atoms with Gasteiger partial charge >= 0.3 is 11.9 Å². The molecule has 0 atom stereocenters. The summed E-state index contributed by atoms with van der Waals surface area (Å²) in [5.41, 5.74) is 0.395. The molecule has 0 radical (unpaired) electrons. The van der Waals surface area contributed by atoms with Crippen LogP contribution in [0.4, 0.5) is 5.69 Å². The lowest BCUT2D eigenvalue weighted by molar-refractivity contribution is -0.114. The van der Waals surface area contributed by atoms with Crippen LogP contribution in [0.5, 0.6) is 0 Å². The van der Waals surface area contributed by atoms with Crippen LogP contribution in [-0.4, -0.2) is 37.0 Å². The fourth-order valence-corrected chi connectivity index (χ4v) is 1.51. The molecule has 0 spiro atoms. The van der Waals surface area contributed by atoms with Crippen LogP contribution in [-0.2, 0) is 14.3 Å². The van der Waals surface area contributed by atoms with Gasteiger partial charge in [0.1, 0.15) is 5.56 Å². The van der Waals surface area contributed by atoms with Gasteiger partial charge in [0.2, 0.25) is 5.91 Å². The number of carbonyl (C=O) groups excluding carboxylic acids is 3. The first-order valence-corrected chi connectivity index (χ1v) is 5.36. The van der Waals surface area contributed by atoms with E-state index in [-0.39, 0.29) is 16.8 Å². The number of hydrogen-bond acceptors (Lipinski definition) is 6. The highest BCUT2D eigenvalue weighted by atomic mass is 16.5. The van der Waals surface area contributed by atoms with Gasteiger partial charge in [-0.25, -0.2) is 9.59 Å². The molecule has 0 aromatic carbocycles. The molecule has 7 nitrogen and oxygen atoms in total. The van der Waals surface area contributed by atoms with Gasteiger partial charge in [0, 0.05) is 13.1 Å². The number of anilines is 1. The van der Waals surface area contributed by atoms with Gasteiger partial charge < -0.3 is 14.8 Å². The smallest absolute Gasteiger partial charge is 0.340 e. The summed E-state index contributed by atoms with van der Waals surface area (Å²) in [5, 5.41) is 2.47. The summed E-state index contributed by atoms with van der Waals surface area (Å²) in [4.78, 5) is 38.5. The lowest BCUT2D eigenvalue weighted by Crippen LogP contribution is -2.19. The van der Waals surface area contributed by atoms with Gasteiger partial charge in [-0.2, -0.15) is 0 Å². The van der Waals surface area contributed by atoms with Crippen LogP contribution in [0, 0.1) is 6.92 Å². The molecule has 0 unspecified atom stereocenters. The van der Waals surface area contributed by atoms with Crippen LogP contribution in [0.15, 0.2) is 6.20 Å². The Bertz CT molecular complexity index is 539. The fraction of sp³-hybridized carbons (Fsp3) is 0.333. The average Bonchev–Trinajstić information content (AvgIpc) is 2.38. The Balaban J connectivity index is 3.54. The lowest BCUT2D eigenvalue weighted by atomic mass is 10.1. The molecule has 0 aliphatic heterocycles. The summed E-state index contributed by atoms with van der Waals surface area (Å²) in [6, 6.07) is 0. The topological polar surface area (TPSA) is 94.6 Å². The Kier molecular flexibility index (Phi) is 4.57. The monoisotopic (exact) mass is 266 g/mol. The Morgan fingerprint density at radius 2 is 1.74 bits per heavy atom. The van der Waals surface area contributed by atoms with Gasteiger partial charge in [-0.05, 0) is 6.92 Å². The Labute approximate surface area is 109 Å². The number of esters is 2. The third kappa shape index (κ3) is 3.06. The van der Waals surface area contributed by atoms with E-state index in [0.29, 0.717) is 5.69 Å². The van der Waals surface area contributed by atoms with Crippen LogP contribution in [0.25, 0.3) is 0 Å². The maximum absolute atomic E-state index is 11.8. The molecule has 0 saturated heterocycles. The quantitative estimate of drug-likeness (QED) is 0.817. The van der Waals surface area contributed by atoms with E-state index in [1.54, 1.807) is 6.92 Å². The number of methoxy groups -OCH3 is 2. The van der Waals surface area contributed by atoms with E-state index in [9.17, 15) is 14.4 Å². The minimum Gasteiger partial charge on any atom is -0.465 e. The molecular formula is C12H14N2O5. The number of nitrogens with one attached hydrogen (secondary N) is 1. The van der Waals surface area contributed by atoms with E-state index in [0.717, 1.165) is 0 Å². The second-order valence-electron chi connectivity index (χ2n) is 3.67. The van der Waals surface area contributed by atoms with Crippen LogP contribution in [0.2, 0.25) is 0 Å². The van der Waals surface area contributed by atoms with Crippen molar-refractivity contribution in [2.75, 3.05) is 19.5 Å². The van der Waals surface area contributed by atoms with E-state index in [1.807, 2.05) is 0 Å². The van der Waals surface area contributed by atoms with E-state index in [4.69, 9.17) is 0 Å². The largest absolute Gasteiger partial charge is 0.465 e. The second-order valence-corrected chi connectivity index (χ2v) is 3.67. The number of nitrogens with zero attached hydrogens (tertiary/aromatic N) is 1. The minimum atomic E-state index is -0.755. The number of aryl methyl sites for hydroxylation is 1. The first-order valence-electron chi connectivity index (χ1n) is 5.36. The molecule has 19 heavy (non-hydrogen) atoms. The number of hydrogen-bond donors (Lipinski definition) is 1. The number of pyridine rings is 1. The molecule has 0 saturated carbocycles. The molecule has 102 valence electrons. The van der Waals surface area contributed by atoms with Gasteiger partial charge in [0.15, 0.2) is 0 Å². The zero-order valence-electron chi connectivity index (χ0n) is 11.1. The standard InChI is InChI=1S/C12H14N2O5/c1-6-10(14-7(2)15)9(12(17)19-4)8(5-13-6)11(16)18-3/h5H,1-4H3,(H,14,15). The van der Waals surface area contributed by atoms with Gasteiger partial charge in [-0.1, -0.05) is 0 Å². The molecule has 0 aliphatic rings. The van der Waals surface area contributed by atoms with Crippen LogP contribution < -0.4 is 5.32 Å². The number of amides is 1. The fourth-order valence-electron chi connectivity index (χ4n) is 1.51. The van der Waals surface area contributed by atoms with Crippen molar-refractivity contribution in [1.29, 1.82) is 0 Å². The van der Waals surface area contributed by atoms with Crippen molar-refractivity contribution in [3.63, 3.8) is 0 Å². The lowest BCUT2D eigenvalue weighted by Gasteiger charge is -2.13. The minimum absolute atomic E-state index is 0.0660. The molecule has 1 N–H and O–H groups in total. The number of carbonyl (C=O) groups is 3. The molecule has 1 heterocycles. The number of aromatic nitrogens is 1. The predicted octanol–water partition coefficient (Wildman–Crippen LogP) is 0.922. The van der Waals surface area contributed by atoms with Crippen molar-refractivity contribution < 1.29 is 23.9 Å². The Morgan fingerprint density at radius 3 is 2.21 bits per heavy atom. The number of rotatable bonds is 3. The molecule has 1 rings (SSSR count). The predicted molar refractivity (Wildman–Crippen MR) is 66.0 cm³/mol. The maximum atomic E-state index is 11.8. The van der Waals surface area contributed by atoms with E-state index in [1.165, 1.54) is 27.3 Å². The molecule has 0 aliphatic carbocycles. The average molecular weight is 266 g/mol. The number of ether oxygens (including phenoxy) is 2. The SMILES string of the molecule is COC(=O)c1cnc(C)c(NC(C)=O)c1C(=O)OC. The van der Waals surface area contributed by atoms with E-state index in [2.05, 4.69) is 19.8 Å². The maximum Gasteiger partial charge on any atom is 0.340 e. The van der Waals surface area contributed by atoms with Gasteiger partial charge in [-0.3, -0.25) is 9.78 Å². The summed E-state index contributed by atoms with van der Waals surface area (Å²) in [5.74, 6) is -1.88. The first-order chi connectivity index (χ1) is 8.92. The van der Waals surface area contributed by atoms with Gasteiger partial charge in [-0.15, -0.1) is 0 Å². The molecule has 0 bridgehead atoms. The van der Waals surface area contributed by atoms with Gasteiger partial charge in [0.25, 0.3) is 0 Å². The van der Waals surface area contributed by atoms with E-state index < -0.39 is 17.8 Å². The zero-order valence-corrected chi connectivity index (χ0v) is 11.1. The van der Waals surface area contributed by atoms with Crippen molar-refractivity contribution >= 4 is 23.5 Å². The van der Waals surface area contributed by atoms with Crippen LogP contribution in [0.3, 0.4) is 0 Å². The highest BCUT2D eigenvalue weighted by Crippen LogP contribution is 2.24. The normalized spacial score (nSPS) is 9.68. The molecule has 1 aromatic heterocycles. The molecule has 1 amide bonds. The van der Waals surface area contributed by atoms with Gasteiger partial charge in [0.05, 0.1) is 31.2 Å². The summed E-state index contributed by atoms with van der Waals surface area (Å²) in [6.07, 6.45) is 1.21. The third-order valence-corrected chi connectivity index (χ3v) is 2.36. The van der Waals surface area contributed by atoms with Crippen molar-refractivity contribution in [2.24, 2.45) is 0 Å². The highest BCUT2D eigenvalue weighted by Gasteiger charge is 2.25. The summed E-state index contributed by atoms with van der Waals surface area (Å²) in [6.45, 7) is 2.88. The van der Waals surface area contributed by atoms with Crippen molar-refractivity contribution in [3.8, 4) is 0 Å². The first kappa shape index (κ1) is 14.6. The van der Waals surface area contributed by atoms with Crippen LogP contribution >= 0.6 is 0 Å². The molecule has 7 heteroatoms. The van der Waals surface area contributed by atoms with Crippen molar-refractivity contribution in [1.82, 2.24) is 4.98 Å². The van der Waals surface area contributed by atoms with E-state index >= 15 is 0 Å². The second kappa shape index (κ2) is 5.94.